The van der Waals surface area contributed by atoms with Crippen LogP contribution in [-0.4, -0.2) is 16.5 Å². The van der Waals surface area contributed by atoms with Crippen LogP contribution in [0.15, 0.2) is 6.33 Å². The Kier molecular flexibility index (Phi) is 6.47. The molecule has 0 bridgehead atoms. The largest absolute Gasteiger partial charge is 0.383 e. The third-order valence-electron chi connectivity index (χ3n) is 3.12. The number of nitrogens with two attached hydrogens (primary N) is 1. The third kappa shape index (κ3) is 5.34. The second-order valence-electron chi connectivity index (χ2n) is 5.26. The first kappa shape index (κ1) is 14.7. The molecule has 1 aromatic heterocycles. The predicted molar refractivity (Wildman–Crippen MR) is 77.6 cm³/mol. The SMILES string of the molecule is Cc1c(N)ncnc1NCCCCCCC(C)C. The molecular formula is C14H26N4. The van der Waals surface area contributed by atoms with Crippen LogP contribution in [0.4, 0.5) is 11.6 Å². The van der Waals surface area contributed by atoms with E-state index in [4.69, 9.17) is 5.73 Å². The Balaban J connectivity index is 2.13. The number of nitrogens with one attached hydrogen (secondary N) is 1. The molecule has 4 nitrogen and oxygen atoms in total. The van der Waals surface area contributed by atoms with Crippen molar-refractivity contribution in [1.82, 2.24) is 9.97 Å². The number of hydrogen-bond acceptors (Lipinski definition) is 4. The number of nitrogens with zero attached hydrogens (tertiary/aromatic N) is 2. The molecule has 0 fully saturated rings. The summed E-state index contributed by atoms with van der Waals surface area (Å²) in [5.74, 6) is 2.25. The van der Waals surface area contributed by atoms with Gasteiger partial charge < -0.3 is 11.1 Å². The Hall–Kier alpha value is -1.32. The molecule has 1 aromatic rings. The summed E-state index contributed by atoms with van der Waals surface area (Å²) in [7, 11) is 0. The summed E-state index contributed by atoms with van der Waals surface area (Å²) in [5.41, 5.74) is 6.67. The monoisotopic (exact) mass is 250 g/mol. The Morgan fingerprint density at radius 2 is 1.89 bits per heavy atom. The first-order valence-corrected chi connectivity index (χ1v) is 6.92. The lowest BCUT2D eigenvalue weighted by Gasteiger charge is -2.09. The van der Waals surface area contributed by atoms with E-state index >= 15 is 0 Å². The van der Waals surface area contributed by atoms with Crippen molar-refractivity contribution in [1.29, 1.82) is 0 Å². The molecule has 0 unspecified atom stereocenters. The average Bonchev–Trinajstić information content (AvgIpc) is 2.32. The van der Waals surface area contributed by atoms with Crippen molar-refractivity contribution in [2.45, 2.75) is 52.9 Å². The molecule has 0 aliphatic rings. The van der Waals surface area contributed by atoms with Gasteiger partial charge in [0.05, 0.1) is 0 Å². The molecule has 18 heavy (non-hydrogen) atoms. The van der Waals surface area contributed by atoms with E-state index in [0.717, 1.165) is 23.8 Å². The highest BCUT2D eigenvalue weighted by atomic mass is 15.0. The maximum absolute atomic E-state index is 5.73. The standard InChI is InChI=1S/C14H26N4/c1-11(2)8-6-4-5-7-9-16-14-12(3)13(15)17-10-18-14/h10-11H,4-9H2,1-3H3,(H3,15,16,17,18). The van der Waals surface area contributed by atoms with E-state index in [1.54, 1.807) is 0 Å². The first-order chi connectivity index (χ1) is 8.61. The highest BCUT2D eigenvalue weighted by molar-refractivity contribution is 5.53. The molecule has 0 aliphatic heterocycles. The summed E-state index contributed by atoms with van der Waals surface area (Å²) in [6.07, 6.45) is 7.98. The molecule has 0 saturated heterocycles. The van der Waals surface area contributed by atoms with Gasteiger partial charge in [-0.2, -0.15) is 0 Å². The Bertz CT molecular complexity index is 350. The number of unbranched alkanes of at least 4 members (excludes halogenated alkanes) is 3. The fourth-order valence-corrected chi connectivity index (χ4v) is 1.88. The maximum Gasteiger partial charge on any atom is 0.134 e. The van der Waals surface area contributed by atoms with Crippen LogP contribution in [0.5, 0.6) is 0 Å². The summed E-state index contributed by atoms with van der Waals surface area (Å²) in [6.45, 7) is 7.47. The summed E-state index contributed by atoms with van der Waals surface area (Å²) >= 11 is 0. The van der Waals surface area contributed by atoms with Crippen molar-refractivity contribution < 1.29 is 0 Å². The molecule has 0 aromatic carbocycles. The minimum atomic E-state index is 0.560. The van der Waals surface area contributed by atoms with E-state index in [0.29, 0.717) is 5.82 Å². The number of rotatable bonds is 8. The van der Waals surface area contributed by atoms with Gasteiger partial charge in [0.2, 0.25) is 0 Å². The summed E-state index contributed by atoms with van der Waals surface area (Å²) < 4.78 is 0. The minimum Gasteiger partial charge on any atom is -0.383 e. The molecule has 3 N–H and O–H groups in total. The first-order valence-electron chi connectivity index (χ1n) is 6.92. The van der Waals surface area contributed by atoms with E-state index < -0.39 is 0 Å². The Labute approximate surface area is 110 Å². The average molecular weight is 250 g/mol. The van der Waals surface area contributed by atoms with E-state index in [1.165, 1.54) is 38.4 Å². The lowest BCUT2D eigenvalue weighted by Crippen LogP contribution is -2.07. The fraction of sp³-hybridized carbons (Fsp3) is 0.714. The van der Waals surface area contributed by atoms with Gasteiger partial charge in [-0.15, -0.1) is 0 Å². The van der Waals surface area contributed by atoms with Crippen molar-refractivity contribution in [2.75, 3.05) is 17.6 Å². The van der Waals surface area contributed by atoms with Crippen LogP contribution in [-0.2, 0) is 0 Å². The van der Waals surface area contributed by atoms with Crippen LogP contribution >= 0.6 is 0 Å². The zero-order valence-electron chi connectivity index (χ0n) is 11.9. The van der Waals surface area contributed by atoms with Gasteiger partial charge in [0.15, 0.2) is 0 Å². The van der Waals surface area contributed by atoms with Crippen LogP contribution < -0.4 is 11.1 Å². The minimum absolute atomic E-state index is 0.560. The van der Waals surface area contributed by atoms with Crippen LogP contribution in [0.1, 0.15) is 51.5 Å². The van der Waals surface area contributed by atoms with Crippen LogP contribution in [0.25, 0.3) is 0 Å². The molecule has 0 aliphatic carbocycles. The molecule has 0 atom stereocenters. The van der Waals surface area contributed by atoms with E-state index in [9.17, 15) is 0 Å². The van der Waals surface area contributed by atoms with Crippen molar-refractivity contribution in [3.8, 4) is 0 Å². The normalized spacial score (nSPS) is 10.9. The second kappa shape index (κ2) is 7.90. The van der Waals surface area contributed by atoms with Gasteiger partial charge in [0.1, 0.15) is 18.0 Å². The van der Waals surface area contributed by atoms with Crippen LogP contribution in [0.3, 0.4) is 0 Å². The topological polar surface area (TPSA) is 63.8 Å². The maximum atomic E-state index is 5.73. The molecule has 1 rings (SSSR count). The quantitative estimate of drug-likeness (QED) is 0.694. The molecule has 4 heteroatoms. The summed E-state index contributed by atoms with van der Waals surface area (Å²) in [4.78, 5) is 8.15. The molecule has 0 amide bonds. The van der Waals surface area contributed by atoms with Gasteiger partial charge >= 0.3 is 0 Å². The van der Waals surface area contributed by atoms with E-state index in [-0.39, 0.29) is 0 Å². The van der Waals surface area contributed by atoms with Crippen molar-refractivity contribution in [2.24, 2.45) is 5.92 Å². The van der Waals surface area contributed by atoms with Crippen molar-refractivity contribution in [3.63, 3.8) is 0 Å². The molecular weight excluding hydrogens is 224 g/mol. The van der Waals surface area contributed by atoms with Crippen molar-refractivity contribution in [3.05, 3.63) is 11.9 Å². The van der Waals surface area contributed by atoms with Crippen LogP contribution in [0, 0.1) is 12.8 Å². The zero-order valence-corrected chi connectivity index (χ0v) is 11.9. The number of hydrogen-bond donors (Lipinski definition) is 2. The second-order valence-corrected chi connectivity index (χ2v) is 5.26. The van der Waals surface area contributed by atoms with E-state index in [1.807, 2.05) is 6.92 Å². The number of nitrogen functional groups attached to an aromatic ring is 1. The molecule has 0 spiro atoms. The molecule has 1 heterocycles. The van der Waals surface area contributed by atoms with Crippen molar-refractivity contribution >= 4 is 11.6 Å². The molecule has 0 saturated carbocycles. The van der Waals surface area contributed by atoms with Gasteiger partial charge in [-0.3, -0.25) is 0 Å². The Morgan fingerprint density at radius 3 is 2.61 bits per heavy atom. The smallest absolute Gasteiger partial charge is 0.134 e. The highest BCUT2D eigenvalue weighted by Crippen LogP contribution is 2.15. The highest BCUT2D eigenvalue weighted by Gasteiger charge is 2.02. The molecule has 0 radical (unpaired) electrons. The molecule has 102 valence electrons. The fourth-order valence-electron chi connectivity index (χ4n) is 1.88. The van der Waals surface area contributed by atoms with Gasteiger partial charge in [-0.05, 0) is 19.3 Å². The summed E-state index contributed by atoms with van der Waals surface area (Å²) in [5, 5.41) is 3.32. The number of anilines is 2. The van der Waals surface area contributed by atoms with Crippen LogP contribution in [0.2, 0.25) is 0 Å². The van der Waals surface area contributed by atoms with Gasteiger partial charge in [0.25, 0.3) is 0 Å². The third-order valence-corrected chi connectivity index (χ3v) is 3.12. The van der Waals surface area contributed by atoms with Gasteiger partial charge in [-0.25, -0.2) is 9.97 Å². The van der Waals surface area contributed by atoms with E-state index in [2.05, 4.69) is 29.1 Å². The zero-order chi connectivity index (χ0) is 13.4. The number of aromatic nitrogens is 2. The van der Waals surface area contributed by atoms with Gasteiger partial charge in [-0.1, -0.05) is 39.5 Å². The Morgan fingerprint density at radius 1 is 1.17 bits per heavy atom. The lowest BCUT2D eigenvalue weighted by molar-refractivity contribution is 0.523. The van der Waals surface area contributed by atoms with Gasteiger partial charge in [0, 0.05) is 12.1 Å². The summed E-state index contributed by atoms with van der Waals surface area (Å²) in [6, 6.07) is 0. The lowest BCUT2D eigenvalue weighted by atomic mass is 10.0. The predicted octanol–water partition coefficient (Wildman–Crippen LogP) is 3.39.